The third-order valence-corrected chi connectivity index (χ3v) is 6.19. The predicted octanol–water partition coefficient (Wildman–Crippen LogP) is 1.75. The van der Waals surface area contributed by atoms with E-state index >= 15 is 0 Å². The molecule has 0 aromatic heterocycles. The number of piperidine rings is 2. The Kier molecular flexibility index (Phi) is 9.27. The van der Waals surface area contributed by atoms with Gasteiger partial charge in [0.25, 0.3) is 0 Å². The average molecular weight is 373 g/mol. The zero-order valence-electron chi connectivity index (χ0n) is 17.4. The van der Waals surface area contributed by atoms with E-state index in [0.717, 1.165) is 45.4 Å². The molecule has 2 saturated heterocycles. The molecule has 0 saturated carbocycles. The van der Waals surface area contributed by atoms with Crippen LogP contribution in [-0.4, -0.2) is 98.4 Å². The van der Waals surface area contributed by atoms with Crippen LogP contribution < -0.4 is 0 Å². The largest absolute Gasteiger partial charge is 0.395 e. The van der Waals surface area contributed by atoms with Crippen LogP contribution in [0.4, 0.5) is 0 Å². The molecule has 26 heavy (non-hydrogen) atoms. The average Bonchev–Trinajstić information content (AvgIpc) is 2.67. The standard InChI is InChI=1S/C20H40N2O4/c1-15(2)21-10-19(24-4)9-7-18(21)14-26-13-16(3)22-11-20(25-5)8-6-17(22)12-23/h15-20,23H,6-14H2,1-5H3/t16?,17?,18-,19-,20?/m0/s1. The van der Waals surface area contributed by atoms with Gasteiger partial charge in [0.2, 0.25) is 0 Å². The van der Waals surface area contributed by atoms with Gasteiger partial charge < -0.3 is 19.3 Å². The molecule has 0 aromatic carbocycles. The zero-order valence-corrected chi connectivity index (χ0v) is 17.4. The van der Waals surface area contributed by atoms with Gasteiger partial charge in [0, 0.05) is 51.5 Å². The monoisotopic (exact) mass is 372 g/mol. The van der Waals surface area contributed by atoms with Crippen molar-refractivity contribution in [2.45, 2.75) is 82.8 Å². The molecular weight excluding hydrogens is 332 g/mol. The van der Waals surface area contributed by atoms with E-state index in [1.54, 1.807) is 7.11 Å². The third-order valence-electron chi connectivity index (χ3n) is 6.19. The second-order valence-corrected chi connectivity index (χ2v) is 8.23. The fraction of sp³-hybridized carbons (Fsp3) is 1.00. The molecule has 5 atom stereocenters. The molecule has 0 spiro atoms. The molecule has 2 heterocycles. The topological polar surface area (TPSA) is 54.4 Å². The number of hydrogen-bond acceptors (Lipinski definition) is 6. The Labute approximate surface area is 159 Å². The summed E-state index contributed by atoms with van der Waals surface area (Å²) in [4.78, 5) is 4.88. The summed E-state index contributed by atoms with van der Waals surface area (Å²) >= 11 is 0. The Balaban J connectivity index is 1.81. The Morgan fingerprint density at radius 3 is 2.00 bits per heavy atom. The van der Waals surface area contributed by atoms with Crippen molar-refractivity contribution in [1.82, 2.24) is 9.80 Å². The lowest BCUT2D eigenvalue weighted by Gasteiger charge is -2.43. The first-order valence-corrected chi connectivity index (χ1v) is 10.3. The maximum atomic E-state index is 9.70. The molecule has 6 heteroatoms. The van der Waals surface area contributed by atoms with Crippen molar-refractivity contribution in [3.05, 3.63) is 0 Å². The van der Waals surface area contributed by atoms with Gasteiger partial charge in [-0.05, 0) is 46.5 Å². The van der Waals surface area contributed by atoms with E-state index in [1.165, 1.54) is 0 Å². The summed E-state index contributed by atoms with van der Waals surface area (Å²) in [6.45, 7) is 10.2. The number of ether oxygens (including phenoxy) is 3. The lowest BCUT2D eigenvalue weighted by Crippen LogP contribution is -2.54. The van der Waals surface area contributed by atoms with E-state index in [9.17, 15) is 5.11 Å². The molecule has 0 bridgehead atoms. The van der Waals surface area contributed by atoms with Crippen LogP contribution in [-0.2, 0) is 14.2 Å². The van der Waals surface area contributed by atoms with Crippen LogP contribution in [0.1, 0.15) is 46.5 Å². The van der Waals surface area contributed by atoms with Gasteiger partial charge >= 0.3 is 0 Å². The summed E-state index contributed by atoms with van der Waals surface area (Å²) in [7, 11) is 3.59. The molecule has 3 unspecified atom stereocenters. The lowest BCUT2D eigenvalue weighted by atomic mass is 9.98. The maximum absolute atomic E-state index is 9.70. The smallest absolute Gasteiger partial charge is 0.0699 e. The van der Waals surface area contributed by atoms with Crippen molar-refractivity contribution in [3.8, 4) is 0 Å². The van der Waals surface area contributed by atoms with Crippen LogP contribution in [0.3, 0.4) is 0 Å². The highest BCUT2D eigenvalue weighted by Crippen LogP contribution is 2.23. The van der Waals surface area contributed by atoms with Gasteiger partial charge in [0.1, 0.15) is 0 Å². The molecule has 2 fully saturated rings. The maximum Gasteiger partial charge on any atom is 0.0699 e. The minimum absolute atomic E-state index is 0.211. The minimum Gasteiger partial charge on any atom is -0.395 e. The van der Waals surface area contributed by atoms with E-state index in [2.05, 4.69) is 30.6 Å². The van der Waals surface area contributed by atoms with Gasteiger partial charge in [-0.3, -0.25) is 9.80 Å². The number of hydrogen-bond donors (Lipinski definition) is 1. The summed E-state index contributed by atoms with van der Waals surface area (Å²) in [5.74, 6) is 0. The van der Waals surface area contributed by atoms with Crippen molar-refractivity contribution in [2.24, 2.45) is 0 Å². The first-order valence-electron chi connectivity index (χ1n) is 10.3. The van der Waals surface area contributed by atoms with Gasteiger partial charge in [0.15, 0.2) is 0 Å². The summed E-state index contributed by atoms with van der Waals surface area (Å²) in [5, 5.41) is 9.70. The fourth-order valence-electron chi connectivity index (χ4n) is 4.44. The number of nitrogens with zero attached hydrogens (tertiary/aromatic N) is 2. The normalized spacial score (nSPS) is 32.9. The molecule has 154 valence electrons. The van der Waals surface area contributed by atoms with Crippen LogP contribution in [0, 0.1) is 0 Å². The molecule has 2 aliphatic rings. The molecule has 0 aliphatic carbocycles. The lowest BCUT2D eigenvalue weighted by molar-refractivity contribution is -0.0622. The van der Waals surface area contributed by atoms with Crippen LogP contribution in [0.25, 0.3) is 0 Å². The Morgan fingerprint density at radius 2 is 1.46 bits per heavy atom. The first kappa shape index (κ1) is 22.1. The van der Waals surface area contributed by atoms with E-state index in [-0.39, 0.29) is 24.8 Å². The van der Waals surface area contributed by atoms with Gasteiger partial charge in [-0.1, -0.05) is 0 Å². The molecular formula is C20H40N2O4. The highest BCUT2D eigenvalue weighted by Gasteiger charge is 2.32. The number of likely N-dealkylation sites (tertiary alicyclic amines) is 2. The second-order valence-electron chi connectivity index (χ2n) is 8.23. The summed E-state index contributed by atoms with van der Waals surface area (Å²) in [6.07, 6.45) is 4.86. The quantitative estimate of drug-likeness (QED) is 0.666. The molecule has 2 aliphatic heterocycles. The number of rotatable bonds is 9. The van der Waals surface area contributed by atoms with Crippen molar-refractivity contribution in [3.63, 3.8) is 0 Å². The van der Waals surface area contributed by atoms with Gasteiger partial charge in [-0.25, -0.2) is 0 Å². The summed E-state index contributed by atoms with van der Waals surface area (Å²) < 4.78 is 17.3. The van der Waals surface area contributed by atoms with E-state index < -0.39 is 0 Å². The molecule has 2 rings (SSSR count). The third kappa shape index (κ3) is 5.88. The highest BCUT2D eigenvalue weighted by atomic mass is 16.5. The van der Waals surface area contributed by atoms with E-state index in [4.69, 9.17) is 14.2 Å². The molecule has 0 radical (unpaired) electrons. The SMILES string of the molecule is COC1CCC(CO)N(C(C)COC[C@@H]2CC[C@H](OC)CN2C(C)C)C1. The minimum atomic E-state index is 0.211. The van der Waals surface area contributed by atoms with Crippen LogP contribution in [0.15, 0.2) is 0 Å². The van der Waals surface area contributed by atoms with Crippen LogP contribution in [0.5, 0.6) is 0 Å². The fourth-order valence-corrected chi connectivity index (χ4v) is 4.44. The van der Waals surface area contributed by atoms with Crippen molar-refractivity contribution >= 4 is 0 Å². The number of methoxy groups -OCH3 is 2. The van der Waals surface area contributed by atoms with Crippen LogP contribution in [0.2, 0.25) is 0 Å². The predicted molar refractivity (Wildman–Crippen MR) is 104 cm³/mol. The van der Waals surface area contributed by atoms with Crippen LogP contribution >= 0.6 is 0 Å². The Bertz CT molecular complexity index is 396. The van der Waals surface area contributed by atoms with Crippen molar-refractivity contribution < 1.29 is 19.3 Å². The van der Waals surface area contributed by atoms with E-state index in [1.807, 2.05) is 7.11 Å². The van der Waals surface area contributed by atoms with Gasteiger partial charge in [-0.2, -0.15) is 0 Å². The first-order chi connectivity index (χ1) is 12.5. The second kappa shape index (κ2) is 10.9. The number of aliphatic hydroxyl groups excluding tert-OH is 1. The van der Waals surface area contributed by atoms with Gasteiger partial charge in [-0.15, -0.1) is 0 Å². The molecule has 0 aromatic rings. The molecule has 6 nitrogen and oxygen atoms in total. The summed E-state index contributed by atoms with van der Waals surface area (Å²) in [5.41, 5.74) is 0. The summed E-state index contributed by atoms with van der Waals surface area (Å²) in [6, 6.07) is 1.48. The molecule has 0 amide bonds. The van der Waals surface area contributed by atoms with E-state index in [0.29, 0.717) is 24.8 Å². The van der Waals surface area contributed by atoms with Gasteiger partial charge in [0.05, 0.1) is 32.0 Å². The molecule has 1 N–H and O–H groups in total. The zero-order chi connectivity index (χ0) is 19.1. The van der Waals surface area contributed by atoms with Crippen molar-refractivity contribution in [1.29, 1.82) is 0 Å². The Morgan fingerprint density at radius 1 is 0.885 bits per heavy atom. The Hall–Kier alpha value is -0.240. The number of aliphatic hydroxyl groups is 1. The van der Waals surface area contributed by atoms with Crippen molar-refractivity contribution in [2.75, 3.05) is 47.1 Å². The highest BCUT2D eigenvalue weighted by molar-refractivity contribution is 4.86.